The van der Waals surface area contributed by atoms with Crippen molar-refractivity contribution in [2.24, 2.45) is 11.7 Å². The van der Waals surface area contributed by atoms with Crippen molar-refractivity contribution in [3.8, 4) is 5.75 Å². The second-order valence-corrected chi connectivity index (χ2v) is 5.15. The first-order valence-corrected chi connectivity index (χ1v) is 6.90. The number of hydrogen-bond donors (Lipinski definition) is 1. The molecule has 21 heavy (non-hydrogen) atoms. The second-order valence-electron chi connectivity index (χ2n) is 5.15. The molecule has 0 fully saturated rings. The Kier molecular flexibility index (Phi) is 7.08. The van der Waals surface area contributed by atoms with Gasteiger partial charge in [-0.2, -0.15) is 8.78 Å². The number of benzene rings is 1. The van der Waals surface area contributed by atoms with Gasteiger partial charge in [-0.3, -0.25) is 4.79 Å². The quantitative estimate of drug-likeness (QED) is 0.803. The molecule has 1 amide bonds. The molecule has 1 unspecified atom stereocenters. The van der Waals surface area contributed by atoms with E-state index in [9.17, 15) is 13.6 Å². The Hall–Kier alpha value is -1.69. The number of nitrogens with zero attached hydrogens (tertiary/aromatic N) is 1. The van der Waals surface area contributed by atoms with Crippen LogP contribution in [0.2, 0.25) is 0 Å². The highest BCUT2D eigenvalue weighted by Gasteiger charge is 2.11. The lowest BCUT2D eigenvalue weighted by molar-refractivity contribution is -0.130. The summed E-state index contributed by atoms with van der Waals surface area (Å²) < 4.78 is 28.3. The van der Waals surface area contributed by atoms with Gasteiger partial charge in [0.05, 0.1) is 0 Å². The molecular weight excluding hydrogens is 278 g/mol. The molecule has 6 heteroatoms. The van der Waals surface area contributed by atoms with Gasteiger partial charge in [0.15, 0.2) is 0 Å². The van der Waals surface area contributed by atoms with Gasteiger partial charge >= 0.3 is 6.61 Å². The van der Waals surface area contributed by atoms with Crippen LogP contribution in [-0.2, 0) is 11.3 Å². The molecule has 4 nitrogen and oxygen atoms in total. The third kappa shape index (κ3) is 6.53. The molecule has 1 aromatic rings. The van der Waals surface area contributed by atoms with Crippen LogP contribution in [0.25, 0.3) is 0 Å². The highest BCUT2D eigenvalue weighted by molar-refractivity contribution is 5.75. The molecule has 118 valence electrons. The molecular formula is C15H22F2N2O2. The zero-order chi connectivity index (χ0) is 15.8. The van der Waals surface area contributed by atoms with E-state index in [1.54, 1.807) is 24.1 Å². The predicted molar refractivity (Wildman–Crippen MR) is 77.0 cm³/mol. The van der Waals surface area contributed by atoms with E-state index in [2.05, 4.69) is 4.74 Å². The van der Waals surface area contributed by atoms with Crippen LogP contribution in [0.3, 0.4) is 0 Å². The molecule has 1 aromatic carbocycles. The van der Waals surface area contributed by atoms with Crippen LogP contribution in [0.15, 0.2) is 24.3 Å². The Morgan fingerprint density at radius 2 is 1.95 bits per heavy atom. The van der Waals surface area contributed by atoms with Crippen LogP contribution in [0, 0.1) is 5.92 Å². The largest absolute Gasteiger partial charge is 0.435 e. The molecule has 0 aliphatic heterocycles. The van der Waals surface area contributed by atoms with Gasteiger partial charge < -0.3 is 15.4 Å². The molecule has 0 heterocycles. The molecule has 1 atom stereocenters. The number of halogens is 2. The minimum absolute atomic E-state index is 0.0446. The van der Waals surface area contributed by atoms with Crippen LogP contribution in [-0.4, -0.2) is 31.0 Å². The van der Waals surface area contributed by atoms with E-state index in [0.29, 0.717) is 25.4 Å². The van der Waals surface area contributed by atoms with Crippen molar-refractivity contribution in [1.29, 1.82) is 0 Å². The number of hydrogen-bond acceptors (Lipinski definition) is 3. The molecule has 0 bridgehead atoms. The fourth-order valence-electron chi connectivity index (χ4n) is 1.82. The average Bonchev–Trinajstić information content (AvgIpc) is 2.45. The third-order valence-electron chi connectivity index (χ3n) is 3.25. The summed E-state index contributed by atoms with van der Waals surface area (Å²) in [4.78, 5) is 13.6. The van der Waals surface area contributed by atoms with Gasteiger partial charge in [0, 0.05) is 20.0 Å². The Morgan fingerprint density at radius 3 is 2.48 bits per heavy atom. The van der Waals surface area contributed by atoms with Gasteiger partial charge in [-0.25, -0.2) is 0 Å². The molecule has 0 aliphatic carbocycles. The van der Waals surface area contributed by atoms with E-state index in [1.165, 1.54) is 12.1 Å². The number of alkyl halides is 2. The smallest absolute Gasteiger partial charge is 0.387 e. The number of carbonyl (C=O) groups is 1. The topological polar surface area (TPSA) is 55.6 Å². The lowest BCUT2D eigenvalue weighted by atomic mass is 10.1. The van der Waals surface area contributed by atoms with Crippen molar-refractivity contribution in [1.82, 2.24) is 4.90 Å². The number of ether oxygens (including phenoxy) is 1. The van der Waals surface area contributed by atoms with E-state index in [0.717, 1.165) is 12.0 Å². The van der Waals surface area contributed by atoms with Gasteiger partial charge in [-0.1, -0.05) is 19.1 Å². The predicted octanol–water partition coefficient (Wildman–Crippen LogP) is 2.62. The summed E-state index contributed by atoms with van der Waals surface area (Å²) in [5, 5.41) is 0. The lowest BCUT2D eigenvalue weighted by Crippen LogP contribution is -2.26. The highest BCUT2D eigenvalue weighted by Crippen LogP contribution is 2.16. The van der Waals surface area contributed by atoms with E-state index < -0.39 is 6.61 Å². The minimum Gasteiger partial charge on any atom is -0.435 e. The van der Waals surface area contributed by atoms with Gasteiger partial charge in [0.2, 0.25) is 5.91 Å². The van der Waals surface area contributed by atoms with E-state index in [4.69, 9.17) is 5.73 Å². The SMILES string of the molecule is CC(CN)CCC(=O)N(C)Cc1ccc(OC(F)F)cc1. The molecule has 0 spiro atoms. The normalized spacial score (nSPS) is 12.3. The van der Waals surface area contributed by atoms with Crippen LogP contribution in [0.5, 0.6) is 5.75 Å². The van der Waals surface area contributed by atoms with Gasteiger partial charge in [0.1, 0.15) is 5.75 Å². The molecule has 1 rings (SSSR count). The summed E-state index contributed by atoms with van der Waals surface area (Å²) in [7, 11) is 1.72. The van der Waals surface area contributed by atoms with Gasteiger partial charge in [-0.05, 0) is 36.6 Å². The summed E-state index contributed by atoms with van der Waals surface area (Å²) in [6, 6.07) is 6.28. The van der Waals surface area contributed by atoms with Gasteiger partial charge in [0.25, 0.3) is 0 Å². The van der Waals surface area contributed by atoms with Crippen molar-refractivity contribution >= 4 is 5.91 Å². The summed E-state index contributed by atoms with van der Waals surface area (Å²) in [6.45, 7) is 0.187. The first-order valence-electron chi connectivity index (χ1n) is 6.90. The maximum absolute atomic E-state index is 12.0. The minimum atomic E-state index is -2.83. The van der Waals surface area contributed by atoms with Gasteiger partial charge in [-0.15, -0.1) is 0 Å². The summed E-state index contributed by atoms with van der Waals surface area (Å²) in [6.07, 6.45) is 1.22. The fraction of sp³-hybridized carbons (Fsp3) is 0.533. The standard InChI is InChI=1S/C15H22F2N2O2/c1-11(9-18)3-8-14(20)19(2)10-12-4-6-13(7-5-12)21-15(16)17/h4-7,11,15H,3,8-10,18H2,1-2H3. The van der Waals surface area contributed by atoms with E-state index in [-0.39, 0.29) is 11.7 Å². The third-order valence-corrected chi connectivity index (χ3v) is 3.25. The maximum atomic E-state index is 12.0. The van der Waals surface area contributed by atoms with Crippen LogP contribution >= 0.6 is 0 Å². The number of carbonyl (C=O) groups excluding carboxylic acids is 1. The number of nitrogens with two attached hydrogens (primary N) is 1. The molecule has 0 aliphatic rings. The first-order chi connectivity index (χ1) is 9.92. The van der Waals surface area contributed by atoms with Crippen molar-refractivity contribution in [2.45, 2.75) is 32.9 Å². The summed E-state index contributed by atoms with van der Waals surface area (Å²) >= 11 is 0. The van der Waals surface area contributed by atoms with Crippen LogP contribution < -0.4 is 10.5 Å². The van der Waals surface area contributed by atoms with Crippen LogP contribution in [0.1, 0.15) is 25.3 Å². The van der Waals surface area contributed by atoms with Crippen LogP contribution in [0.4, 0.5) is 8.78 Å². The Morgan fingerprint density at radius 1 is 1.33 bits per heavy atom. The molecule has 0 radical (unpaired) electrons. The molecule has 0 saturated heterocycles. The number of amides is 1. The zero-order valence-corrected chi connectivity index (χ0v) is 12.4. The van der Waals surface area contributed by atoms with Crippen molar-refractivity contribution in [3.63, 3.8) is 0 Å². The van der Waals surface area contributed by atoms with E-state index in [1.807, 2.05) is 6.92 Å². The summed E-state index contributed by atoms with van der Waals surface area (Å²) in [5.41, 5.74) is 6.38. The van der Waals surface area contributed by atoms with Crippen molar-refractivity contribution in [2.75, 3.05) is 13.6 Å². The Labute approximate surface area is 123 Å². The zero-order valence-electron chi connectivity index (χ0n) is 12.4. The Bertz CT molecular complexity index is 438. The molecule has 0 saturated carbocycles. The monoisotopic (exact) mass is 300 g/mol. The summed E-state index contributed by atoms with van der Waals surface area (Å²) in [5.74, 6) is 0.482. The average molecular weight is 300 g/mol. The Balaban J connectivity index is 2.46. The second kappa shape index (κ2) is 8.56. The molecule has 2 N–H and O–H groups in total. The number of rotatable bonds is 8. The first kappa shape index (κ1) is 17.4. The van der Waals surface area contributed by atoms with E-state index >= 15 is 0 Å². The fourth-order valence-corrected chi connectivity index (χ4v) is 1.82. The highest BCUT2D eigenvalue weighted by atomic mass is 19.3. The lowest BCUT2D eigenvalue weighted by Gasteiger charge is -2.18. The van der Waals surface area contributed by atoms with Crippen molar-refractivity contribution < 1.29 is 18.3 Å². The maximum Gasteiger partial charge on any atom is 0.387 e. The van der Waals surface area contributed by atoms with Crippen molar-refractivity contribution in [3.05, 3.63) is 29.8 Å². The molecule has 0 aromatic heterocycles.